The van der Waals surface area contributed by atoms with E-state index in [1.165, 1.54) is 24.8 Å². The summed E-state index contributed by atoms with van der Waals surface area (Å²) in [6.07, 6.45) is 3.89. The highest BCUT2D eigenvalue weighted by Crippen LogP contribution is 2.46. The third-order valence-corrected chi connectivity index (χ3v) is 4.06. The zero-order valence-corrected chi connectivity index (χ0v) is 11.4. The van der Waals surface area contributed by atoms with Crippen LogP contribution in [0.5, 0.6) is 0 Å². The first-order chi connectivity index (χ1) is 8.69. The fourth-order valence-electron chi connectivity index (χ4n) is 2.82. The summed E-state index contributed by atoms with van der Waals surface area (Å²) in [6.45, 7) is 4.79. The largest absolute Gasteiger partial charge is 0.377 e. The molecular formula is C15H24N2O. The zero-order chi connectivity index (χ0) is 13.0. The van der Waals surface area contributed by atoms with Crippen LogP contribution in [0.15, 0.2) is 30.3 Å². The maximum absolute atomic E-state index is 5.76. The molecule has 1 saturated carbocycles. The highest BCUT2D eigenvalue weighted by atomic mass is 16.5. The summed E-state index contributed by atoms with van der Waals surface area (Å²) in [4.78, 5) is 0. The minimum absolute atomic E-state index is 0.158. The second-order valence-electron chi connectivity index (χ2n) is 5.48. The molecule has 0 radical (unpaired) electrons. The van der Waals surface area contributed by atoms with Gasteiger partial charge in [-0.15, -0.1) is 0 Å². The molecule has 2 rings (SSSR count). The van der Waals surface area contributed by atoms with Crippen LogP contribution in [-0.2, 0) is 10.2 Å². The van der Waals surface area contributed by atoms with Gasteiger partial charge in [0, 0.05) is 5.41 Å². The van der Waals surface area contributed by atoms with Gasteiger partial charge in [0.25, 0.3) is 0 Å². The lowest BCUT2D eigenvalue weighted by molar-refractivity contribution is 0.0236. The molecule has 0 amide bonds. The van der Waals surface area contributed by atoms with Crippen LogP contribution in [-0.4, -0.2) is 18.8 Å². The van der Waals surface area contributed by atoms with E-state index in [4.69, 9.17) is 10.6 Å². The predicted molar refractivity (Wildman–Crippen MR) is 74.2 cm³/mol. The molecule has 1 fully saturated rings. The van der Waals surface area contributed by atoms with Gasteiger partial charge in [0.2, 0.25) is 0 Å². The molecule has 1 unspecified atom stereocenters. The number of rotatable bonds is 6. The third kappa shape index (κ3) is 2.58. The van der Waals surface area contributed by atoms with E-state index >= 15 is 0 Å². The smallest absolute Gasteiger partial charge is 0.0645 e. The minimum atomic E-state index is 0.158. The standard InChI is InChI=1S/C15H24N2O/c1-12(2)18-11-14(17-16)15(9-6-10-15)13-7-4-3-5-8-13/h3-5,7-8,12,14,17H,6,9-11,16H2,1-2H3. The third-order valence-electron chi connectivity index (χ3n) is 4.06. The van der Waals surface area contributed by atoms with Crippen molar-refractivity contribution in [1.82, 2.24) is 5.43 Å². The average molecular weight is 248 g/mol. The fourth-order valence-corrected chi connectivity index (χ4v) is 2.82. The molecule has 1 aliphatic rings. The Morgan fingerprint density at radius 1 is 1.28 bits per heavy atom. The zero-order valence-electron chi connectivity index (χ0n) is 11.4. The van der Waals surface area contributed by atoms with Crippen molar-refractivity contribution < 1.29 is 4.74 Å². The van der Waals surface area contributed by atoms with E-state index in [-0.39, 0.29) is 17.6 Å². The summed E-state index contributed by atoms with van der Waals surface area (Å²) in [7, 11) is 0. The lowest BCUT2D eigenvalue weighted by Gasteiger charge is -2.48. The van der Waals surface area contributed by atoms with Crippen molar-refractivity contribution in [3.63, 3.8) is 0 Å². The van der Waals surface area contributed by atoms with Crippen molar-refractivity contribution in [2.45, 2.75) is 50.7 Å². The van der Waals surface area contributed by atoms with Crippen LogP contribution >= 0.6 is 0 Å². The topological polar surface area (TPSA) is 47.3 Å². The number of hydrogen-bond acceptors (Lipinski definition) is 3. The maximum Gasteiger partial charge on any atom is 0.0645 e. The van der Waals surface area contributed by atoms with Crippen molar-refractivity contribution in [2.75, 3.05) is 6.61 Å². The van der Waals surface area contributed by atoms with Gasteiger partial charge in [-0.3, -0.25) is 11.3 Å². The fraction of sp³-hybridized carbons (Fsp3) is 0.600. The Kier molecular flexibility index (Phi) is 4.38. The summed E-state index contributed by atoms with van der Waals surface area (Å²) in [5.41, 5.74) is 4.51. The van der Waals surface area contributed by atoms with Crippen LogP contribution in [0.25, 0.3) is 0 Å². The van der Waals surface area contributed by atoms with Crippen LogP contribution in [0.1, 0.15) is 38.7 Å². The molecule has 3 heteroatoms. The summed E-state index contributed by atoms with van der Waals surface area (Å²) < 4.78 is 5.76. The number of nitrogens with one attached hydrogen (secondary N) is 1. The Morgan fingerprint density at radius 2 is 1.94 bits per heavy atom. The first-order valence-corrected chi connectivity index (χ1v) is 6.82. The molecule has 0 aromatic heterocycles. The number of ether oxygens (including phenoxy) is 1. The molecule has 3 nitrogen and oxygen atoms in total. The molecule has 1 aromatic carbocycles. The Labute approximate surface area is 110 Å². The molecule has 1 aromatic rings. The van der Waals surface area contributed by atoms with Gasteiger partial charge < -0.3 is 4.74 Å². The summed E-state index contributed by atoms with van der Waals surface area (Å²) in [5, 5.41) is 0. The van der Waals surface area contributed by atoms with Gasteiger partial charge in [0.1, 0.15) is 0 Å². The first-order valence-electron chi connectivity index (χ1n) is 6.82. The van der Waals surface area contributed by atoms with E-state index in [2.05, 4.69) is 49.6 Å². The monoisotopic (exact) mass is 248 g/mol. The second kappa shape index (κ2) is 5.83. The molecule has 1 atom stereocenters. The summed E-state index contributed by atoms with van der Waals surface area (Å²) in [6, 6.07) is 10.9. The van der Waals surface area contributed by atoms with E-state index in [0.717, 1.165) is 0 Å². The van der Waals surface area contributed by atoms with Crippen molar-refractivity contribution in [2.24, 2.45) is 5.84 Å². The van der Waals surface area contributed by atoms with Crippen molar-refractivity contribution >= 4 is 0 Å². The van der Waals surface area contributed by atoms with Gasteiger partial charge in [0.15, 0.2) is 0 Å². The number of nitrogens with two attached hydrogens (primary N) is 1. The Hall–Kier alpha value is -0.900. The van der Waals surface area contributed by atoms with E-state index in [1.54, 1.807) is 0 Å². The van der Waals surface area contributed by atoms with Crippen LogP contribution in [0.3, 0.4) is 0 Å². The maximum atomic E-state index is 5.76. The number of benzene rings is 1. The lowest BCUT2D eigenvalue weighted by Crippen LogP contribution is -2.57. The molecule has 18 heavy (non-hydrogen) atoms. The van der Waals surface area contributed by atoms with Crippen molar-refractivity contribution in [3.05, 3.63) is 35.9 Å². The highest BCUT2D eigenvalue weighted by molar-refractivity contribution is 5.30. The predicted octanol–water partition coefficient (Wildman–Crippen LogP) is 2.37. The van der Waals surface area contributed by atoms with Crippen molar-refractivity contribution in [1.29, 1.82) is 0 Å². The first kappa shape index (κ1) is 13.5. The van der Waals surface area contributed by atoms with Gasteiger partial charge in [-0.25, -0.2) is 0 Å². The normalized spacial score (nSPS) is 19.6. The van der Waals surface area contributed by atoms with Gasteiger partial charge in [0.05, 0.1) is 18.8 Å². The second-order valence-corrected chi connectivity index (χ2v) is 5.48. The Balaban J connectivity index is 2.15. The summed E-state index contributed by atoms with van der Waals surface area (Å²) >= 11 is 0. The van der Waals surface area contributed by atoms with Gasteiger partial charge in [-0.2, -0.15) is 0 Å². The molecule has 1 aliphatic carbocycles. The SMILES string of the molecule is CC(C)OCC(NN)C1(c2ccccc2)CCC1. The van der Waals surface area contributed by atoms with Crippen LogP contribution < -0.4 is 11.3 Å². The van der Waals surface area contributed by atoms with Crippen LogP contribution in [0, 0.1) is 0 Å². The quantitative estimate of drug-likeness (QED) is 0.600. The average Bonchev–Trinajstić information content (AvgIpc) is 2.33. The molecule has 0 saturated heterocycles. The Bertz CT molecular complexity index is 360. The van der Waals surface area contributed by atoms with Gasteiger partial charge in [-0.05, 0) is 32.3 Å². The molecule has 0 aliphatic heterocycles. The number of hydrazine groups is 1. The van der Waals surface area contributed by atoms with E-state index in [0.29, 0.717) is 6.61 Å². The molecule has 0 spiro atoms. The van der Waals surface area contributed by atoms with E-state index in [1.807, 2.05) is 0 Å². The van der Waals surface area contributed by atoms with Crippen LogP contribution in [0.2, 0.25) is 0 Å². The van der Waals surface area contributed by atoms with Crippen molar-refractivity contribution in [3.8, 4) is 0 Å². The Morgan fingerprint density at radius 3 is 2.39 bits per heavy atom. The molecule has 3 N–H and O–H groups in total. The molecule has 0 bridgehead atoms. The summed E-state index contributed by atoms with van der Waals surface area (Å²) in [5.74, 6) is 5.76. The van der Waals surface area contributed by atoms with Gasteiger partial charge >= 0.3 is 0 Å². The molecule has 0 heterocycles. The highest BCUT2D eigenvalue weighted by Gasteiger charge is 2.45. The van der Waals surface area contributed by atoms with E-state index in [9.17, 15) is 0 Å². The van der Waals surface area contributed by atoms with Gasteiger partial charge in [-0.1, -0.05) is 36.8 Å². The number of hydrogen-bond donors (Lipinski definition) is 2. The lowest BCUT2D eigenvalue weighted by atomic mass is 9.60. The van der Waals surface area contributed by atoms with E-state index < -0.39 is 0 Å². The minimum Gasteiger partial charge on any atom is -0.377 e. The van der Waals surface area contributed by atoms with Crippen LogP contribution in [0.4, 0.5) is 0 Å². The molecular weight excluding hydrogens is 224 g/mol. The molecule has 100 valence electrons.